The SMILES string of the molecule is O=C(NCc1ccc(F)cc1)C(CCO)NCCCC(c1ccccc1)c1ccccc1. The molecule has 1 unspecified atom stereocenters. The van der Waals surface area contributed by atoms with Gasteiger partial charge in [-0.3, -0.25) is 4.79 Å². The lowest BCUT2D eigenvalue weighted by atomic mass is 9.87. The number of amides is 1. The van der Waals surface area contributed by atoms with E-state index in [1.165, 1.54) is 23.3 Å². The van der Waals surface area contributed by atoms with E-state index in [0.29, 0.717) is 25.4 Å². The smallest absolute Gasteiger partial charge is 0.237 e. The Kier molecular flexibility index (Phi) is 9.41. The summed E-state index contributed by atoms with van der Waals surface area (Å²) in [5, 5.41) is 15.5. The van der Waals surface area contributed by atoms with E-state index in [9.17, 15) is 14.3 Å². The van der Waals surface area contributed by atoms with Gasteiger partial charge in [-0.2, -0.15) is 0 Å². The number of aliphatic hydroxyl groups is 1. The Labute approximate surface area is 189 Å². The highest BCUT2D eigenvalue weighted by atomic mass is 19.1. The fourth-order valence-corrected chi connectivity index (χ4v) is 3.85. The van der Waals surface area contributed by atoms with E-state index >= 15 is 0 Å². The summed E-state index contributed by atoms with van der Waals surface area (Å²) in [6.07, 6.45) is 2.18. The highest BCUT2D eigenvalue weighted by molar-refractivity contribution is 5.81. The molecule has 0 heterocycles. The first-order valence-corrected chi connectivity index (χ1v) is 11.1. The average molecular weight is 435 g/mol. The minimum Gasteiger partial charge on any atom is -0.396 e. The van der Waals surface area contributed by atoms with Crippen LogP contribution in [-0.2, 0) is 11.3 Å². The summed E-state index contributed by atoms with van der Waals surface area (Å²) in [7, 11) is 0. The van der Waals surface area contributed by atoms with Gasteiger partial charge < -0.3 is 15.7 Å². The summed E-state index contributed by atoms with van der Waals surface area (Å²) in [6, 6.07) is 26.5. The Bertz CT molecular complexity index is 893. The number of hydrogen-bond donors (Lipinski definition) is 3. The summed E-state index contributed by atoms with van der Waals surface area (Å²) in [4.78, 5) is 12.6. The molecule has 0 aliphatic heterocycles. The second kappa shape index (κ2) is 12.7. The topological polar surface area (TPSA) is 61.4 Å². The van der Waals surface area contributed by atoms with E-state index in [-0.39, 0.29) is 18.3 Å². The summed E-state index contributed by atoms with van der Waals surface area (Å²) >= 11 is 0. The maximum absolute atomic E-state index is 13.0. The van der Waals surface area contributed by atoms with Crippen LogP contribution in [0.3, 0.4) is 0 Å². The average Bonchev–Trinajstić information content (AvgIpc) is 2.84. The molecule has 0 saturated carbocycles. The number of halogens is 1. The molecule has 1 atom stereocenters. The molecule has 3 N–H and O–H groups in total. The molecule has 0 aliphatic rings. The molecule has 3 aromatic rings. The second-order valence-corrected chi connectivity index (χ2v) is 7.88. The largest absolute Gasteiger partial charge is 0.396 e. The minimum absolute atomic E-state index is 0.0711. The van der Waals surface area contributed by atoms with Crippen molar-refractivity contribution < 1.29 is 14.3 Å². The molecule has 0 fully saturated rings. The van der Waals surface area contributed by atoms with Crippen molar-refractivity contribution in [3.05, 3.63) is 107 Å². The van der Waals surface area contributed by atoms with E-state index in [4.69, 9.17) is 0 Å². The lowest BCUT2D eigenvalue weighted by Gasteiger charge is -2.20. The minimum atomic E-state index is -0.465. The van der Waals surface area contributed by atoms with Crippen molar-refractivity contribution in [2.45, 2.75) is 37.8 Å². The Balaban J connectivity index is 1.52. The van der Waals surface area contributed by atoms with Gasteiger partial charge in [-0.15, -0.1) is 0 Å². The van der Waals surface area contributed by atoms with Crippen molar-refractivity contribution in [3.63, 3.8) is 0 Å². The third-order valence-corrected chi connectivity index (χ3v) is 5.58. The van der Waals surface area contributed by atoms with Gasteiger partial charge in [0.05, 0.1) is 6.04 Å². The molecule has 0 aromatic heterocycles. The van der Waals surface area contributed by atoms with Gasteiger partial charge in [-0.05, 0) is 54.6 Å². The third-order valence-electron chi connectivity index (χ3n) is 5.58. The summed E-state index contributed by atoms with van der Waals surface area (Å²) in [5.74, 6) is -0.168. The molecule has 0 aliphatic carbocycles. The Morgan fingerprint density at radius 1 is 0.844 bits per heavy atom. The van der Waals surface area contributed by atoms with E-state index in [2.05, 4.69) is 59.2 Å². The number of carbonyl (C=O) groups is 1. The van der Waals surface area contributed by atoms with Crippen molar-refractivity contribution in [2.75, 3.05) is 13.2 Å². The maximum atomic E-state index is 13.0. The number of rotatable bonds is 12. The molecule has 3 rings (SSSR count). The van der Waals surface area contributed by atoms with Crippen LogP contribution in [-0.4, -0.2) is 30.2 Å². The van der Waals surface area contributed by atoms with Crippen molar-refractivity contribution in [1.29, 1.82) is 0 Å². The van der Waals surface area contributed by atoms with Crippen LogP contribution in [0.5, 0.6) is 0 Å². The van der Waals surface area contributed by atoms with Gasteiger partial charge in [0.25, 0.3) is 0 Å². The van der Waals surface area contributed by atoms with Gasteiger partial charge in [0.15, 0.2) is 0 Å². The van der Waals surface area contributed by atoms with Crippen LogP contribution < -0.4 is 10.6 Å². The fraction of sp³-hybridized carbons (Fsp3) is 0.296. The molecular weight excluding hydrogens is 403 g/mol. The summed E-state index contributed by atoms with van der Waals surface area (Å²) in [6.45, 7) is 0.926. The molecule has 168 valence electrons. The number of nitrogens with one attached hydrogen (secondary N) is 2. The van der Waals surface area contributed by atoms with Crippen molar-refractivity contribution >= 4 is 5.91 Å². The van der Waals surface area contributed by atoms with Crippen LogP contribution in [0.1, 0.15) is 41.9 Å². The Hall–Kier alpha value is -3.02. The number of aliphatic hydroxyl groups excluding tert-OH is 1. The van der Waals surface area contributed by atoms with Crippen molar-refractivity contribution in [3.8, 4) is 0 Å². The van der Waals surface area contributed by atoms with Crippen molar-refractivity contribution in [1.82, 2.24) is 10.6 Å². The monoisotopic (exact) mass is 434 g/mol. The standard InChI is InChI=1S/C27H31FN2O2/c28-24-15-13-21(14-16-24)20-30-27(32)26(17-19-31)29-18-7-12-25(22-8-3-1-4-9-22)23-10-5-2-6-11-23/h1-6,8-11,13-16,25-26,29,31H,7,12,17-20H2,(H,30,32). The third kappa shape index (κ3) is 7.29. The zero-order valence-electron chi connectivity index (χ0n) is 18.2. The molecule has 0 saturated heterocycles. The van der Waals surface area contributed by atoms with E-state index in [1.54, 1.807) is 12.1 Å². The quantitative estimate of drug-likeness (QED) is 0.371. The first-order valence-electron chi connectivity index (χ1n) is 11.1. The molecular formula is C27H31FN2O2. The number of hydrogen-bond acceptors (Lipinski definition) is 3. The van der Waals surface area contributed by atoms with Gasteiger partial charge in [0.2, 0.25) is 5.91 Å². The van der Waals surface area contributed by atoms with Gasteiger partial charge in [0.1, 0.15) is 5.82 Å². The number of carbonyl (C=O) groups excluding carboxylic acids is 1. The zero-order chi connectivity index (χ0) is 22.6. The van der Waals surface area contributed by atoms with Gasteiger partial charge in [0, 0.05) is 19.1 Å². The van der Waals surface area contributed by atoms with Gasteiger partial charge in [-0.1, -0.05) is 72.8 Å². The fourth-order valence-electron chi connectivity index (χ4n) is 3.85. The predicted octanol–water partition coefficient (Wildman–Crippen LogP) is 4.39. The highest BCUT2D eigenvalue weighted by Crippen LogP contribution is 2.28. The predicted molar refractivity (Wildman–Crippen MR) is 126 cm³/mol. The van der Waals surface area contributed by atoms with Crippen LogP contribution >= 0.6 is 0 Å². The van der Waals surface area contributed by atoms with Gasteiger partial charge >= 0.3 is 0 Å². The normalized spacial score (nSPS) is 12.0. The maximum Gasteiger partial charge on any atom is 0.237 e. The van der Waals surface area contributed by atoms with E-state index in [1.807, 2.05) is 12.1 Å². The van der Waals surface area contributed by atoms with Gasteiger partial charge in [-0.25, -0.2) is 4.39 Å². The molecule has 0 radical (unpaired) electrons. The number of benzene rings is 3. The highest BCUT2D eigenvalue weighted by Gasteiger charge is 2.18. The molecule has 0 bridgehead atoms. The summed E-state index contributed by atoms with van der Waals surface area (Å²) in [5.41, 5.74) is 3.39. The summed E-state index contributed by atoms with van der Waals surface area (Å²) < 4.78 is 13.0. The van der Waals surface area contributed by atoms with E-state index in [0.717, 1.165) is 18.4 Å². The lowest BCUT2D eigenvalue weighted by Crippen LogP contribution is -2.44. The van der Waals surface area contributed by atoms with Crippen molar-refractivity contribution in [2.24, 2.45) is 0 Å². The molecule has 3 aromatic carbocycles. The molecule has 32 heavy (non-hydrogen) atoms. The van der Waals surface area contributed by atoms with Crippen LogP contribution in [0.4, 0.5) is 4.39 Å². The van der Waals surface area contributed by atoms with Crippen LogP contribution in [0.15, 0.2) is 84.9 Å². The molecule has 1 amide bonds. The Morgan fingerprint density at radius 2 is 1.44 bits per heavy atom. The first-order chi connectivity index (χ1) is 15.7. The van der Waals surface area contributed by atoms with Crippen LogP contribution in [0.25, 0.3) is 0 Å². The molecule has 4 nitrogen and oxygen atoms in total. The first kappa shape index (κ1) is 23.6. The van der Waals surface area contributed by atoms with Crippen LogP contribution in [0.2, 0.25) is 0 Å². The zero-order valence-corrected chi connectivity index (χ0v) is 18.2. The molecule has 5 heteroatoms. The molecule has 0 spiro atoms. The second-order valence-electron chi connectivity index (χ2n) is 7.88. The lowest BCUT2D eigenvalue weighted by molar-refractivity contribution is -0.123. The van der Waals surface area contributed by atoms with Crippen LogP contribution in [0, 0.1) is 5.82 Å². The van der Waals surface area contributed by atoms with E-state index < -0.39 is 6.04 Å². The Morgan fingerprint density at radius 3 is 2.00 bits per heavy atom.